The molecule has 4 aliphatic rings. The minimum Gasteiger partial charge on any atom is -0.0616 e. The van der Waals surface area contributed by atoms with E-state index in [9.17, 15) is 0 Å². The standard InChI is InChI=1S/C28H33Si/c1-29(2)25-17-16-23-18-24(21-10-6-7-11-21)28(29)27(23)26(25)22-14-12-20(13-15-22)19-8-4-3-5-9-19/h12-19,21H,3-11H2,1-2H3. The van der Waals surface area contributed by atoms with Crippen LogP contribution in [0.25, 0.3) is 16.3 Å². The minimum atomic E-state index is -1.60. The van der Waals surface area contributed by atoms with Gasteiger partial charge in [-0.3, -0.25) is 0 Å². The van der Waals surface area contributed by atoms with Crippen LogP contribution in [0.5, 0.6) is 0 Å². The molecule has 3 aliphatic carbocycles. The van der Waals surface area contributed by atoms with Crippen molar-refractivity contribution in [2.24, 2.45) is 5.92 Å². The maximum absolute atomic E-state index is 2.60. The van der Waals surface area contributed by atoms with E-state index in [-0.39, 0.29) is 0 Å². The molecule has 0 unspecified atom stereocenters. The quantitative estimate of drug-likeness (QED) is 0.474. The second-order valence-electron chi connectivity index (χ2n) is 10.5. The molecule has 0 spiro atoms. The maximum Gasteiger partial charge on any atom is 0.113 e. The van der Waals surface area contributed by atoms with E-state index in [0.717, 1.165) is 11.8 Å². The van der Waals surface area contributed by atoms with Gasteiger partial charge in [-0.05, 0) is 75.7 Å². The average molecular weight is 398 g/mol. The van der Waals surface area contributed by atoms with E-state index >= 15 is 0 Å². The molecule has 1 aliphatic heterocycles. The van der Waals surface area contributed by atoms with E-state index in [1.54, 1.807) is 32.6 Å². The van der Waals surface area contributed by atoms with Crippen LogP contribution >= 0.6 is 0 Å². The Balaban J connectivity index is 1.44. The van der Waals surface area contributed by atoms with Gasteiger partial charge >= 0.3 is 0 Å². The first-order valence-electron chi connectivity index (χ1n) is 12.0. The van der Waals surface area contributed by atoms with E-state index < -0.39 is 8.07 Å². The van der Waals surface area contributed by atoms with Gasteiger partial charge in [0.05, 0.1) is 0 Å². The van der Waals surface area contributed by atoms with Gasteiger partial charge in [-0.2, -0.15) is 0 Å². The van der Waals surface area contributed by atoms with Crippen molar-refractivity contribution in [2.45, 2.75) is 76.8 Å². The van der Waals surface area contributed by atoms with Crippen LogP contribution in [0.3, 0.4) is 0 Å². The summed E-state index contributed by atoms with van der Waals surface area (Å²) in [5.41, 5.74) is 9.51. The highest BCUT2D eigenvalue weighted by atomic mass is 28.3. The summed E-state index contributed by atoms with van der Waals surface area (Å²) >= 11 is 0. The summed E-state index contributed by atoms with van der Waals surface area (Å²) in [7, 11) is -1.60. The van der Waals surface area contributed by atoms with Crippen LogP contribution in [0.4, 0.5) is 0 Å². The van der Waals surface area contributed by atoms with Crippen LogP contribution in [-0.4, -0.2) is 8.07 Å². The zero-order valence-electron chi connectivity index (χ0n) is 18.1. The zero-order chi connectivity index (χ0) is 19.6. The molecule has 0 atom stereocenters. The first kappa shape index (κ1) is 18.2. The van der Waals surface area contributed by atoms with Crippen LogP contribution in [0, 0.1) is 12.3 Å². The molecule has 2 aromatic carbocycles. The lowest BCUT2D eigenvalue weighted by molar-refractivity contribution is 0.443. The average Bonchev–Trinajstić information content (AvgIpc) is 3.44. The summed E-state index contributed by atoms with van der Waals surface area (Å²) in [5.74, 6) is 1.62. The van der Waals surface area contributed by atoms with E-state index in [2.05, 4.69) is 55.9 Å². The van der Waals surface area contributed by atoms with Crippen molar-refractivity contribution in [3.8, 4) is 11.1 Å². The highest BCUT2D eigenvalue weighted by molar-refractivity contribution is 7.07. The van der Waals surface area contributed by atoms with Gasteiger partial charge in [0.15, 0.2) is 0 Å². The van der Waals surface area contributed by atoms with Crippen LogP contribution in [0.1, 0.15) is 80.4 Å². The summed E-state index contributed by atoms with van der Waals surface area (Å²) in [6.07, 6.45) is 15.3. The first-order chi connectivity index (χ1) is 14.1. The molecule has 0 saturated heterocycles. The second kappa shape index (κ2) is 6.70. The predicted octanol–water partition coefficient (Wildman–Crippen LogP) is 7.38. The molecule has 1 heterocycles. The number of allylic oxidation sites excluding steroid dienone is 1. The highest BCUT2D eigenvalue weighted by Crippen LogP contribution is 2.53. The number of benzene rings is 2. The molecule has 2 aromatic rings. The summed E-state index contributed by atoms with van der Waals surface area (Å²) in [4.78, 5) is 0. The van der Waals surface area contributed by atoms with Crippen molar-refractivity contribution >= 4 is 18.5 Å². The van der Waals surface area contributed by atoms with Crippen LogP contribution < -0.4 is 5.19 Å². The third kappa shape index (κ3) is 2.69. The highest BCUT2D eigenvalue weighted by Gasteiger charge is 2.47. The van der Waals surface area contributed by atoms with Crippen molar-refractivity contribution < 1.29 is 0 Å². The van der Waals surface area contributed by atoms with Crippen molar-refractivity contribution in [3.05, 3.63) is 65.1 Å². The Labute approximate surface area is 177 Å². The molecule has 29 heavy (non-hydrogen) atoms. The van der Waals surface area contributed by atoms with E-state index in [4.69, 9.17) is 0 Å². The third-order valence-electron chi connectivity index (χ3n) is 8.46. The van der Waals surface area contributed by atoms with Gasteiger partial charge in [0.2, 0.25) is 0 Å². The fourth-order valence-electron chi connectivity index (χ4n) is 6.94. The SMILES string of the molecule is C[Si]1(C)C2=C(C3CCCC3)[CH]c3ccc1c(-c1ccc(C4CCCCC4)cc1)c32. The van der Waals surface area contributed by atoms with Gasteiger partial charge in [-0.1, -0.05) is 87.2 Å². The summed E-state index contributed by atoms with van der Waals surface area (Å²) in [6, 6.07) is 14.7. The van der Waals surface area contributed by atoms with Crippen molar-refractivity contribution in [1.82, 2.24) is 0 Å². The lowest BCUT2D eigenvalue weighted by atomic mass is 9.83. The van der Waals surface area contributed by atoms with Gasteiger partial charge in [0.1, 0.15) is 8.07 Å². The van der Waals surface area contributed by atoms with Crippen LogP contribution in [0.15, 0.2) is 42.0 Å². The fourth-order valence-corrected chi connectivity index (χ4v) is 10.5. The number of hydrogen-bond donors (Lipinski definition) is 0. The smallest absolute Gasteiger partial charge is 0.0616 e. The predicted molar refractivity (Wildman–Crippen MR) is 127 cm³/mol. The molecule has 0 amide bonds. The molecule has 0 nitrogen and oxygen atoms in total. The topological polar surface area (TPSA) is 0 Å². The Morgan fingerprint density at radius 3 is 2.07 bits per heavy atom. The van der Waals surface area contributed by atoms with E-state index in [0.29, 0.717) is 0 Å². The molecular formula is C28H33Si. The van der Waals surface area contributed by atoms with Gasteiger partial charge in [0.25, 0.3) is 0 Å². The third-order valence-corrected chi connectivity index (χ3v) is 12.0. The van der Waals surface area contributed by atoms with Crippen molar-refractivity contribution in [1.29, 1.82) is 0 Å². The minimum absolute atomic E-state index is 0.799. The molecule has 6 rings (SSSR count). The van der Waals surface area contributed by atoms with Crippen LogP contribution in [-0.2, 0) is 0 Å². The number of rotatable bonds is 3. The second-order valence-corrected chi connectivity index (χ2v) is 14.8. The molecule has 2 fully saturated rings. The molecule has 1 radical (unpaired) electrons. The lowest BCUT2D eigenvalue weighted by Gasteiger charge is -2.24. The molecule has 0 N–H and O–H groups in total. The number of hydrogen-bond acceptors (Lipinski definition) is 0. The van der Waals surface area contributed by atoms with Crippen molar-refractivity contribution in [3.63, 3.8) is 0 Å². The molecule has 149 valence electrons. The first-order valence-corrected chi connectivity index (χ1v) is 15.0. The maximum atomic E-state index is 2.60. The lowest BCUT2D eigenvalue weighted by Crippen LogP contribution is -2.40. The molecule has 2 saturated carbocycles. The summed E-state index contributed by atoms with van der Waals surface area (Å²) in [6.45, 7) is 5.20. The van der Waals surface area contributed by atoms with E-state index in [1.807, 2.05) is 0 Å². The Kier molecular flexibility index (Phi) is 4.20. The molecule has 0 aromatic heterocycles. The normalized spacial score (nSPS) is 23.4. The monoisotopic (exact) mass is 397 g/mol. The van der Waals surface area contributed by atoms with Crippen molar-refractivity contribution in [2.75, 3.05) is 0 Å². The van der Waals surface area contributed by atoms with Gasteiger partial charge in [0, 0.05) is 6.42 Å². The van der Waals surface area contributed by atoms with Gasteiger partial charge in [-0.15, -0.1) is 0 Å². The molecule has 1 heteroatoms. The molecule has 2 bridgehead atoms. The Bertz CT molecular complexity index is 980. The summed E-state index contributed by atoms with van der Waals surface area (Å²) in [5, 5.41) is 3.48. The fraction of sp³-hybridized carbons (Fsp3) is 0.464. The Morgan fingerprint density at radius 1 is 0.690 bits per heavy atom. The van der Waals surface area contributed by atoms with E-state index in [1.165, 1.54) is 68.9 Å². The zero-order valence-corrected chi connectivity index (χ0v) is 19.1. The van der Waals surface area contributed by atoms with Gasteiger partial charge < -0.3 is 0 Å². The molecular weight excluding hydrogens is 364 g/mol. The number of fused-ring (bicyclic) bond motifs is 1. The Hall–Kier alpha value is -1.60. The largest absolute Gasteiger partial charge is 0.113 e. The summed E-state index contributed by atoms with van der Waals surface area (Å²) < 4.78 is 0. The van der Waals surface area contributed by atoms with Crippen LogP contribution in [0.2, 0.25) is 13.1 Å². The van der Waals surface area contributed by atoms with Gasteiger partial charge in [-0.25, -0.2) is 0 Å². The Morgan fingerprint density at radius 2 is 1.34 bits per heavy atom.